The van der Waals surface area contributed by atoms with Crippen LogP contribution >= 0.6 is 22.6 Å². The number of methoxy groups -OCH3 is 1. The van der Waals surface area contributed by atoms with E-state index in [1.807, 2.05) is 22.6 Å². The Morgan fingerprint density at radius 1 is 1.25 bits per heavy atom. The molecule has 40 heavy (non-hydrogen) atoms. The molecule has 2 aromatic carbocycles. The molecular formula is C28H32FIN2O8. The van der Waals surface area contributed by atoms with Gasteiger partial charge in [-0.2, -0.15) is 0 Å². The van der Waals surface area contributed by atoms with Crippen molar-refractivity contribution in [1.82, 2.24) is 10.2 Å². The van der Waals surface area contributed by atoms with Crippen LogP contribution in [0.2, 0.25) is 0 Å². The van der Waals surface area contributed by atoms with Crippen LogP contribution in [-0.4, -0.2) is 84.9 Å². The van der Waals surface area contributed by atoms with E-state index in [9.17, 15) is 29.0 Å². The van der Waals surface area contributed by atoms with E-state index in [1.54, 1.807) is 13.0 Å². The fourth-order valence-electron chi connectivity index (χ4n) is 4.29. The highest BCUT2D eigenvalue weighted by Gasteiger charge is 2.41. The summed E-state index contributed by atoms with van der Waals surface area (Å²) in [5, 5.41) is 23.3. The summed E-state index contributed by atoms with van der Waals surface area (Å²) >= 11 is 1.98. The molecule has 0 aliphatic heterocycles. The zero-order valence-electron chi connectivity index (χ0n) is 22.1. The molecule has 3 atom stereocenters. The topological polar surface area (TPSA) is 135 Å². The van der Waals surface area contributed by atoms with Gasteiger partial charge in [-0.25, -0.2) is 4.39 Å². The average Bonchev–Trinajstić information content (AvgIpc) is 2.96. The number of carbonyl (C=O) groups excluding carboxylic acids is 3. The van der Waals surface area contributed by atoms with E-state index in [0.717, 1.165) is 0 Å². The Kier molecular flexibility index (Phi) is 11.9. The summed E-state index contributed by atoms with van der Waals surface area (Å²) < 4.78 is 31.0. The number of nitrogens with zero attached hydrogens (tertiary/aromatic N) is 1. The standard InChI is InChI=1S/C28H32FIN2O8/c1-3-39-16-25(35)32(14-17-4-6-20(29)7-5-17)22-12-19(28(37)31-8-9-33)13-23(26(22)36)40-27-21(30)10-18(15-34)11-24(27)38-2/h4-7,10-11,13,15,22-23,26,33,36H,3,8-9,12,14,16H2,1-2H3,(H,31,37)/t22-,23+,26+/m1/s1. The Morgan fingerprint density at radius 2 is 1.98 bits per heavy atom. The van der Waals surface area contributed by atoms with Crippen LogP contribution in [0.3, 0.4) is 0 Å². The first kappa shape index (κ1) is 31.5. The molecule has 0 heterocycles. The van der Waals surface area contributed by atoms with Gasteiger partial charge in [0.05, 0.1) is 23.3 Å². The number of ether oxygens (including phenoxy) is 3. The average molecular weight is 670 g/mol. The second kappa shape index (κ2) is 15.1. The smallest absolute Gasteiger partial charge is 0.249 e. The maximum absolute atomic E-state index is 13.6. The maximum Gasteiger partial charge on any atom is 0.249 e. The maximum atomic E-state index is 13.6. The highest BCUT2D eigenvalue weighted by atomic mass is 127. The van der Waals surface area contributed by atoms with Gasteiger partial charge >= 0.3 is 0 Å². The van der Waals surface area contributed by atoms with Gasteiger partial charge in [0.1, 0.15) is 30.9 Å². The summed E-state index contributed by atoms with van der Waals surface area (Å²) in [4.78, 5) is 39.0. The van der Waals surface area contributed by atoms with Gasteiger partial charge < -0.3 is 34.6 Å². The first-order valence-corrected chi connectivity index (χ1v) is 13.7. The van der Waals surface area contributed by atoms with Crippen LogP contribution in [-0.2, 0) is 20.9 Å². The van der Waals surface area contributed by atoms with E-state index >= 15 is 0 Å². The third kappa shape index (κ3) is 7.99. The van der Waals surface area contributed by atoms with Crippen LogP contribution in [0.1, 0.15) is 29.3 Å². The Balaban J connectivity index is 2.03. The fourth-order valence-corrected chi connectivity index (χ4v) is 5.04. The number of hydrogen-bond donors (Lipinski definition) is 3. The zero-order valence-corrected chi connectivity index (χ0v) is 24.3. The largest absolute Gasteiger partial charge is 0.493 e. The number of amides is 2. The van der Waals surface area contributed by atoms with Gasteiger partial charge in [-0.15, -0.1) is 0 Å². The molecule has 1 aliphatic carbocycles. The summed E-state index contributed by atoms with van der Waals surface area (Å²) in [6.45, 7) is 1.53. The number of rotatable bonds is 13. The number of hydrogen-bond acceptors (Lipinski definition) is 8. The van der Waals surface area contributed by atoms with Crippen molar-refractivity contribution in [3.63, 3.8) is 0 Å². The molecule has 0 unspecified atom stereocenters. The third-order valence-corrected chi connectivity index (χ3v) is 7.07. The Hall–Kier alpha value is -3.07. The molecule has 0 saturated carbocycles. The summed E-state index contributed by atoms with van der Waals surface area (Å²) in [6, 6.07) is 7.76. The number of carbonyl (C=O) groups is 3. The second-order valence-electron chi connectivity index (χ2n) is 8.95. The number of benzene rings is 2. The van der Waals surface area contributed by atoms with Crippen molar-refractivity contribution in [2.45, 2.75) is 38.1 Å². The molecule has 216 valence electrons. The van der Waals surface area contributed by atoms with Gasteiger partial charge in [-0.1, -0.05) is 12.1 Å². The highest BCUT2D eigenvalue weighted by molar-refractivity contribution is 14.1. The number of aldehydes is 1. The fraction of sp³-hybridized carbons (Fsp3) is 0.393. The predicted octanol–water partition coefficient (Wildman–Crippen LogP) is 2.23. The molecule has 2 amide bonds. The molecule has 0 aromatic heterocycles. The minimum absolute atomic E-state index is 0.0103. The van der Waals surface area contributed by atoms with Crippen LogP contribution in [0, 0.1) is 9.39 Å². The van der Waals surface area contributed by atoms with E-state index < -0.39 is 35.9 Å². The second-order valence-corrected chi connectivity index (χ2v) is 10.1. The zero-order chi connectivity index (χ0) is 29.2. The monoisotopic (exact) mass is 670 g/mol. The SMILES string of the molecule is CCOCC(=O)N(Cc1ccc(F)cc1)[C@@H]1CC(C(=O)NCCO)=C[C@H](Oc2c(I)cc(C=O)cc2OC)[C@H]1O. The molecule has 2 aromatic rings. The van der Waals surface area contributed by atoms with Crippen LogP contribution in [0.4, 0.5) is 4.39 Å². The predicted molar refractivity (Wildman–Crippen MR) is 152 cm³/mol. The molecule has 3 rings (SSSR count). The molecule has 0 fully saturated rings. The van der Waals surface area contributed by atoms with Crippen LogP contribution < -0.4 is 14.8 Å². The van der Waals surface area contributed by atoms with Gasteiger partial charge in [-0.05, 0) is 65.4 Å². The molecule has 12 heteroatoms. The molecule has 10 nitrogen and oxygen atoms in total. The Morgan fingerprint density at radius 3 is 2.60 bits per heavy atom. The van der Waals surface area contributed by atoms with Crippen molar-refractivity contribution in [3.05, 3.63) is 68.6 Å². The lowest BCUT2D eigenvalue weighted by atomic mass is 9.87. The van der Waals surface area contributed by atoms with Crippen LogP contribution in [0.15, 0.2) is 48.0 Å². The van der Waals surface area contributed by atoms with Gasteiger partial charge in [0.15, 0.2) is 11.5 Å². The lowest BCUT2D eigenvalue weighted by Crippen LogP contribution is -2.55. The van der Waals surface area contributed by atoms with Gasteiger partial charge in [0.2, 0.25) is 11.8 Å². The Bertz CT molecular complexity index is 1220. The molecule has 0 saturated heterocycles. The van der Waals surface area contributed by atoms with Crippen molar-refractivity contribution < 1.29 is 43.2 Å². The number of aliphatic hydroxyl groups is 2. The van der Waals surface area contributed by atoms with E-state index in [-0.39, 0.29) is 49.8 Å². The lowest BCUT2D eigenvalue weighted by molar-refractivity contribution is -0.144. The molecular weight excluding hydrogens is 638 g/mol. The van der Waals surface area contributed by atoms with E-state index in [4.69, 9.17) is 14.2 Å². The third-order valence-electron chi connectivity index (χ3n) is 6.27. The van der Waals surface area contributed by atoms with Gasteiger partial charge in [-0.3, -0.25) is 14.4 Å². The number of aliphatic hydroxyl groups excluding tert-OH is 2. The van der Waals surface area contributed by atoms with Gasteiger partial charge in [0.25, 0.3) is 0 Å². The van der Waals surface area contributed by atoms with Crippen molar-refractivity contribution in [3.8, 4) is 11.5 Å². The van der Waals surface area contributed by atoms with Crippen LogP contribution in [0.5, 0.6) is 11.5 Å². The molecule has 3 N–H and O–H groups in total. The number of halogens is 2. The first-order chi connectivity index (χ1) is 19.2. The minimum Gasteiger partial charge on any atom is -0.493 e. The number of nitrogens with one attached hydrogen (secondary N) is 1. The lowest BCUT2D eigenvalue weighted by Gasteiger charge is -2.40. The minimum atomic E-state index is -1.30. The van der Waals surface area contributed by atoms with Crippen molar-refractivity contribution >= 4 is 40.7 Å². The Labute approximate surface area is 245 Å². The molecule has 0 bridgehead atoms. The van der Waals surface area contributed by atoms with E-state index in [1.165, 1.54) is 48.4 Å². The van der Waals surface area contributed by atoms with Crippen molar-refractivity contribution in [1.29, 1.82) is 0 Å². The van der Waals surface area contributed by atoms with Crippen molar-refractivity contribution in [2.24, 2.45) is 0 Å². The summed E-state index contributed by atoms with van der Waals surface area (Å²) in [6.07, 6.45) is -0.281. The summed E-state index contributed by atoms with van der Waals surface area (Å²) in [5.41, 5.74) is 1.21. The normalized spacial score (nSPS) is 18.4. The highest BCUT2D eigenvalue weighted by Crippen LogP contribution is 2.37. The van der Waals surface area contributed by atoms with E-state index in [2.05, 4.69) is 5.32 Å². The molecule has 0 spiro atoms. The molecule has 1 aliphatic rings. The van der Waals surface area contributed by atoms with Gasteiger partial charge in [0, 0.05) is 37.3 Å². The summed E-state index contributed by atoms with van der Waals surface area (Å²) in [7, 11) is 1.41. The molecule has 0 radical (unpaired) electrons. The van der Waals surface area contributed by atoms with Crippen molar-refractivity contribution in [2.75, 3.05) is 33.5 Å². The first-order valence-electron chi connectivity index (χ1n) is 12.6. The summed E-state index contributed by atoms with van der Waals surface area (Å²) in [5.74, 6) is -0.865. The van der Waals surface area contributed by atoms with Crippen LogP contribution in [0.25, 0.3) is 0 Å². The quantitative estimate of drug-likeness (QED) is 0.218. The van der Waals surface area contributed by atoms with E-state index in [0.29, 0.717) is 27.6 Å².